The standard InChI is InChI=1S/C11H18N2O2/c14-11(10-2-1-7-15-9-10)8-13-5-3-12-4-6-13/h9,12H,1-8H2. The Balaban J connectivity index is 1.82. The summed E-state index contributed by atoms with van der Waals surface area (Å²) in [7, 11) is 0. The zero-order chi connectivity index (χ0) is 10.5. The van der Waals surface area contributed by atoms with Crippen LogP contribution in [0.25, 0.3) is 0 Å². The molecule has 0 aromatic carbocycles. The van der Waals surface area contributed by atoms with E-state index in [9.17, 15) is 4.79 Å². The van der Waals surface area contributed by atoms with Gasteiger partial charge in [0.15, 0.2) is 5.78 Å². The fourth-order valence-corrected chi connectivity index (χ4v) is 1.94. The van der Waals surface area contributed by atoms with E-state index in [1.807, 2.05) is 0 Å². The van der Waals surface area contributed by atoms with Crippen molar-refractivity contribution in [1.82, 2.24) is 10.2 Å². The molecular formula is C11H18N2O2. The van der Waals surface area contributed by atoms with Crippen LogP contribution in [-0.2, 0) is 9.53 Å². The molecule has 15 heavy (non-hydrogen) atoms. The van der Waals surface area contributed by atoms with Gasteiger partial charge in [-0.15, -0.1) is 0 Å². The smallest absolute Gasteiger partial charge is 0.175 e. The number of rotatable bonds is 3. The van der Waals surface area contributed by atoms with E-state index >= 15 is 0 Å². The molecule has 0 aromatic rings. The second-order valence-corrected chi connectivity index (χ2v) is 4.07. The third kappa shape index (κ3) is 3.04. The molecule has 1 N–H and O–H groups in total. The number of piperazine rings is 1. The zero-order valence-corrected chi connectivity index (χ0v) is 9.00. The maximum atomic E-state index is 11.9. The van der Waals surface area contributed by atoms with Crippen LogP contribution in [0, 0.1) is 0 Å². The van der Waals surface area contributed by atoms with Crippen molar-refractivity contribution in [3.8, 4) is 0 Å². The molecule has 4 heteroatoms. The van der Waals surface area contributed by atoms with Gasteiger partial charge in [-0.3, -0.25) is 9.69 Å². The van der Waals surface area contributed by atoms with E-state index in [1.54, 1.807) is 6.26 Å². The third-order valence-electron chi connectivity index (χ3n) is 2.87. The highest BCUT2D eigenvalue weighted by molar-refractivity contribution is 5.96. The molecule has 0 atom stereocenters. The summed E-state index contributed by atoms with van der Waals surface area (Å²) < 4.78 is 5.18. The van der Waals surface area contributed by atoms with Gasteiger partial charge in [-0.25, -0.2) is 0 Å². The van der Waals surface area contributed by atoms with Crippen molar-refractivity contribution in [2.24, 2.45) is 0 Å². The number of ketones is 1. The summed E-state index contributed by atoms with van der Waals surface area (Å²) in [5.41, 5.74) is 0.861. The first-order chi connectivity index (χ1) is 7.36. The molecular weight excluding hydrogens is 192 g/mol. The molecule has 84 valence electrons. The number of Topliss-reactive ketones (excluding diaryl/α,β-unsaturated/α-hetero) is 1. The van der Waals surface area contributed by atoms with Crippen LogP contribution in [0.3, 0.4) is 0 Å². The van der Waals surface area contributed by atoms with Crippen molar-refractivity contribution in [1.29, 1.82) is 0 Å². The van der Waals surface area contributed by atoms with Crippen molar-refractivity contribution in [2.45, 2.75) is 12.8 Å². The molecule has 2 heterocycles. The Bertz CT molecular complexity index is 257. The van der Waals surface area contributed by atoms with E-state index < -0.39 is 0 Å². The molecule has 2 aliphatic heterocycles. The van der Waals surface area contributed by atoms with Gasteiger partial charge in [0.05, 0.1) is 19.4 Å². The van der Waals surface area contributed by atoms with Crippen molar-refractivity contribution < 1.29 is 9.53 Å². The molecule has 1 fully saturated rings. The predicted molar refractivity (Wildman–Crippen MR) is 57.6 cm³/mol. The summed E-state index contributed by atoms with van der Waals surface area (Å²) >= 11 is 0. The van der Waals surface area contributed by atoms with Crippen LogP contribution in [0.5, 0.6) is 0 Å². The Labute approximate surface area is 90.3 Å². The van der Waals surface area contributed by atoms with Crippen LogP contribution in [-0.4, -0.2) is 50.0 Å². The van der Waals surface area contributed by atoms with Crippen LogP contribution >= 0.6 is 0 Å². The van der Waals surface area contributed by atoms with Crippen molar-refractivity contribution in [3.05, 3.63) is 11.8 Å². The van der Waals surface area contributed by atoms with Gasteiger partial charge < -0.3 is 10.1 Å². The van der Waals surface area contributed by atoms with Gasteiger partial charge in [-0.1, -0.05) is 0 Å². The highest BCUT2D eigenvalue weighted by atomic mass is 16.5. The minimum Gasteiger partial charge on any atom is -0.501 e. The first-order valence-electron chi connectivity index (χ1n) is 5.63. The number of carbonyl (C=O) groups is 1. The van der Waals surface area contributed by atoms with Gasteiger partial charge in [0.2, 0.25) is 0 Å². The lowest BCUT2D eigenvalue weighted by atomic mass is 10.1. The summed E-state index contributed by atoms with van der Waals surface area (Å²) in [6, 6.07) is 0. The highest BCUT2D eigenvalue weighted by Gasteiger charge is 2.18. The molecule has 1 saturated heterocycles. The van der Waals surface area contributed by atoms with E-state index in [0.717, 1.165) is 51.2 Å². The van der Waals surface area contributed by atoms with Gasteiger partial charge in [0.25, 0.3) is 0 Å². The normalized spacial score (nSPS) is 23.1. The van der Waals surface area contributed by atoms with Gasteiger partial charge in [0.1, 0.15) is 0 Å². The minimum atomic E-state index is 0.233. The molecule has 2 aliphatic rings. The van der Waals surface area contributed by atoms with Crippen LogP contribution < -0.4 is 5.32 Å². The highest BCUT2D eigenvalue weighted by Crippen LogP contribution is 2.13. The largest absolute Gasteiger partial charge is 0.501 e. The monoisotopic (exact) mass is 210 g/mol. The maximum absolute atomic E-state index is 11.9. The van der Waals surface area contributed by atoms with Crippen LogP contribution in [0.4, 0.5) is 0 Å². The maximum Gasteiger partial charge on any atom is 0.175 e. The molecule has 0 aliphatic carbocycles. The molecule has 2 rings (SSSR count). The van der Waals surface area contributed by atoms with Crippen molar-refractivity contribution in [3.63, 3.8) is 0 Å². The lowest BCUT2D eigenvalue weighted by Gasteiger charge is -2.27. The molecule has 0 amide bonds. The van der Waals surface area contributed by atoms with Crippen molar-refractivity contribution >= 4 is 5.78 Å². The molecule has 0 spiro atoms. The summed E-state index contributed by atoms with van der Waals surface area (Å²) in [5.74, 6) is 0.233. The average Bonchev–Trinajstić information content (AvgIpc) is 2.31. The number of nitrogens with zero attached hydrogens (tertiary/aromatic N) is 1. The van der Waals surface area contributed by atoms with Crippen LogP contribution in [0.15, 0.2) is 11.8 Å². The molecule has 4 nitrogen and oxygen atoms in total. The second-order valence-electron chi connectivity index (χ2n) is 4.07. The van der Waals surface area contributed by atoms with Gasteiger partial charge in [0, 0.05) is 31.8 Å². The van der Waals surface area contributed by atoms with E-state index in [4.69, 9.17) is 4.74 Å². The Kier molecular flexibility index (Phi) is 3.75. The number of ether oxygens (including phenoxy) is 1. The quantitative estimate of drug-likeness (QED) is 0.720. The molecule has 0 radical (unpaired) electrons. The number of nitrogens with one attached hydrogen (secondary N) is 1. The van der Waals surface area contributed by atoms with Gasteiger partial charge >= 0.3 is 0 Å². The summed E-state index contributed by atoms with van der Waals surface area (Å²) in [6.07, 6.45) is 3.50. The number of hydrogen-bond acceptors (Lipinski definition) is 4. The lowest BCUT2D eigenvalue weighted by molar-refractivity contribution is -0.117. The zero-order valence-electron chi connectivity index (χ0n) is 9.00. The SMILES string of the molecule is O=C(CN1CCNCC1)C1=COCCC1. The first kappa shape index (κ1) is 10.6. The van der Waals surface area contributed by atoms with Crippen LogP contribution in [0.2, 0.25) is 0 Å². The second kappa shape index (κ2) is 5.28. The summed E-state index contributed by atoms with van der Waals surface area (Å²) in [4.78, 5) is 14.1. The average molecular weight is 210 g/mol. The first-order valence-corrected chi connectivity index (χ1v) is 5.63. The lowest BCUT2D eigenvalue weighted by Crippen LogP contribution is -2.45. The molecule has 0 bridgehead atoms. The summed E-state index contributed by atoms with van der Waals surface area (Å²) in [5, 5.41) is 3.28. The molecule has 0 aromatic heterocycles. The molecule has 0 unspecified atom stereocenters. The Hall–Kier alpha value is -0.870. The third-order valence-corrected chi connectivity index (χ3v) is 2.87. The van der Waals surface area contributed by atoms with Gasteiger partial charge in [-0.2, -0.15) is 0 Å². The van der Waals surface area contributed by atoms with E-state index in [0.29, 0.717) is 6.54 Å². The fourth-order valence-electron chi connectivity index (χ4n) is 1.94. The van der Waals surface area contributed by atoms with Gasteiger partial charge in [-0.05, 0) is 12.8 Å². The van der Waals surface area contributed by atoms with Crippen molar-refractivity contribution in [2.75, 3.05) is 39.3 Å². The fraction of sp³-hybridized carbons (Fsp3) is 0.727. The number of hydrogen-bond donors (Lipinski definition) is 1. The summed E-state index contributed by atoms with van der Waals surface area (Å²) in [6.45, 7) is 5.23. The van der Waals surface area contributed by atoms with Crippen LogP contribution in [0.1, 0.15) is 12.8 Å². The molecule has 0 saturated carbocycles. The van der Waals surface area contributed by atoms with E-state index in [-0.39, 0.29) is 5.78 Å². The Morgan fingerprint density at radius 2 is 2.27 bits per heavy atom. The predicted octanol–water partition coefficient (Wildman–Crippen LogP) is 0.155. The van der Waals surface area contributed by atoms with E-state index in [1.165, 1.54) is 0 Å². The number of carbonyl (C=O) groups excluding carboxylic acids is 1. The topological polar surface area (TPSA) is 41.6 Å². The van der Waals surface area contributed by atoms with E-state index in [2.05, 4.69) is 10.2 Å². The minimum absolute atomic E-state index is 0.233. The Morgan fingerprint density at radius 3 is 2.93 bits per heavy atom. The Morgan fingerprint density at radius 1 is 1.47 bits per heavy atom.